The highest BCUT2D eigenvalue weighted by Gasteiger charge is 2.26. The first-order valence-corrected chi connectivity index (χ1v) is 10.9. The van der Waals surface area contributed by atoms with Crippen molar-refractivity contribution in [3.05, 3.63) is 53.3 Å². The van der Waals surface area contributed by atoms with Crippen LogP contribution in [0, 0.1) is 0 Å². The molecule has 4 rings (SSSR count). The van der Waals surface area contributed by atoms with E-state index in [9.17, 15) is 0 Å². The summed E-state index contributed by atoms with van der Waals surface area (Å²) >= 11 is 0. The number of halogens is 1. The van der Waals surface area contributed by atoms with E-state index in [1.165, 1.54) is 29.5 Å². The normalized spacial score (nSPS) is 21.3. The van der Waals surface area contributed by atoms with E-state index in [1.54, 1.807) is 0 Å². The van der Waals surface area contributed by atoms with Gasteiger partial charge in [0.25, 0.3) is 0 Å². The molecule has 0 amide bonds. The van der Waals surface area contributed by atoms with E-state index in [2.05, 4.69) is 50.8 Å². The van der Waals surface area contributed by atoms with E-state index in [0.717, 1.165) is 51.5 Å². The number of aromatic nitrogens is 2. The first kappa shape index (κ1) is 23.1. The summed E-state index contributed by atoms with van der Waals surface area (Å²) in [6.07, 6.45) is 10.1. The van der Waals surface area contributed by atoms with Gasteiger partial charge in [0.15, 0.2) is 5.96 Å². The molecule has 1 aliphatic heterocycles. The maximum atomic E-state index is 6.22. The number of likely N-dealkylation sites (tertiary alicyclic amines) is 1. The van der Waals surface area contributed by atoms with Crippen LogP contribution in [0.5, 0.6) is 0 Å². The highest BCUT2D eigenvalue weighted by atomic mass is 127. The Labute approximate surface area is 197 Å². The Morgan fingerprint density at radius 2 is 2.17 bits per heavy atom. The summed E-state index contributed by atoms with van der Waals surface area (Å²) in [5.74, 6) is 1.54. The van der Waals surface area contributed by atoms with Gasteiger partial charge in [0, 0.05) is 52.5 Å². The van der Waals surface area contributed by atoms with Gasteiger partial charge in [-0.3, -0.25) is 9.67 Å². The van der Waals surface area contributed by atoms with Crippen LogP contribution < -0.4 is 5.32 Å². The van der Waals surface area contributed by atoms with Gasteiger partial charge in [0.1, 0.15) is 0 Å². The van der Waals surface area contributed by atoms with Gasteiger partial charge in [0.05, 0.1) is 12.3 Å². The van der Waals surface area contributed by atoms with Gasteiger partial charge in [-0.15, -0.1) is 24.0 Å². The zero-order chi connectivity index (χ0) is 20.1. The third-order valence-corrected chi connectivity index (χ3v) is 6.13. The van der Waals surface area contributed by atoms with Crippen LogP contribution in [0.4, 0.5) is 0 Å². The molecule has 1 saturated heterocycles. The lowest BCUT2D eigenvalue weighted by Crippen LogP contribution is -2.40. The van der Waals surface area contributed by atoms with Crippen molar-refractivity contribution in [3.63, 3.8) is 0 Å². The molecule has 0 saturated carbocycles. The Hall–Kier alpha value is -1.61. The molecule has 2 atom stereocenters. The van der Waals surface area contributed by atoms with E-state index in [4.69, 9.17) is 4.74 Å². The van der Waals surface area contributed by atoms with Crippen molar-refractivity contribution in [2.75, 3.05) is 33.3 Å². The van der Waals surface area contributed by atoms with Crippen molar-refractivity contribution in [2.24, 2.45) is 12.0 Å². The molecular weight excluding hydrogens is 489 g/mol. The Morgan fingerprint density at radius 3 is 2.97 bits per heavy atom. The third kappa shape index (κ3) is 5.55. The van der Waals surface area contributed by atoms with Crippen LogP contribution in [-0.2, 0) is 18.2 Å². The topological polar surface area (TPSA) is 54.7 Å². The molecule has 1 aliphatic carbocycles. The quantitative estimate of drug-likeness (QED) is 0.270. The molecule has 164 valence electrons. The van der Waals surface area contributed by atoms with Crippen LogP contribution in [0.1, 0.15) is 54.4 Å². The summed E-state index contributed by atoms with van der Waals surface area (Å²) in [6, 6.07) is 8.73. The number of aryl methyl sites for hydroxylation is 2. The van der Waals surface area contributed by atoms with Gasteiger partial charge in [-0.1, -0.05) is 24.3 Å². The lowest BCUT2D eigenvalue weighted by Gasteiger charge is -2.26. The fourth-order valence-corrected chi connectivity index (χ4v) is 4.59. The van der Waals surface area contributed by atoms with Gasteiger partial charge in [-0.2, -0.15) is 5.10 Å². The van der Waals surface area contributed by atoms with E-state index in [1.807, 2.05) is 25.0 Å². The number of ether oxygens (including phenoxy) is 1. The number of benzene rings is 1. The van der Waals surface area contributed by atoms with E-state index in [0.29, 0.717) is 5.92 Å². The number of hydrogen-bond acceptors (Lipinski definition) is 3. The number of aliphatic imine (C=N–C) groups is 1. The summed E-state index contributed by atoms with van der Waals surface area (Å²) in [5, 5.41) is 7.83. The Balaban J connectivity index is 0.00000256. The van der Waals surface area contributed by atoms with Gasteiger partial charge < -0.3 is 15.0 Å². The highest BCUT2D eigenvalue weighted by Crippen LogP contribution is 2.32. The summed E-state index contributed by atoms with van der Waals surface area (Å²) in [7, 11) is 3.85. The van der Waals surface area contributed by atoms with E-state index < -0.39 is 0 Å². The van der Waals surface area contributed by atoms with Crippen LogP contribution in [-0.4, -0.2) is 53.9 Å². The van der Waals surface area contributed by atoms with Crippen molar-refractivity contribution in [1.29, 1.82) is 0 Å². The molecule has 6 nitrogen and oxygen atoms in total. The maximum absolute atomic E-state index is 6.22. The molecule has 0 radical (unpaired) electrons. The maximum Gasteiger partial charge on any atom is 0.193 e. The number of guanidine groups is 1. The van der Waals surface area contributed by atoms with E-state index >= 15 is 0 Å². The molecule has 2 heterocycles. The largest absolute Gasteiger partial charge is 0.373 e. The predicted octanol–water partition coefficient (Wildman–Crippen LogP) is 3.89. The number of nitrogens with zero attached hydrogens (tertiary/aromatic N) is 4. The lowest BCUT2D eigenvalue weighted by molar-refractivity contribution is 0.0397. The van der Waals surface area contributed by atoms with Gasteiger partial charge >= 0.3 is 0 Å². The number of hydrogen-bond donors (Lipinski definition) is 1. The van der Waals surface area contributed by atoms with Crippen molar-refractivity contribution in [3.8, 4) is 0 Å². The van der Waals surface area contributed by atoms with Crippen molar-refractivity contribution in [2.45, 2.75) is 44.1 Å². The first-order chi connectivity index (χ1) is 14.2. The molecule has 1 aromatic carbocycles. The van der Waals surface area contributed by atoms with Crippen LogP contribution in [0.3, 0.4) is 0 Å². The lowest BCUT2D eigenvalue weighted by atomic mass is 9.89. The molecule has 1 N–H and O–H groups in total. The zero-order valence-electron chi connectivity index (χ0n) is 18.1. The minimum absolute atomic E-state index is 0. The molecule has 0 bridgehead atoms. The monoisotopic (exact) mass is 523 g/mol. The Bertz CT molecular complexity index is 837. The van der Waals surface area contributed by atoms with Crippen LogP contribution in [0.25, 0.3) is 0 Å². The molecule has 2 aliphatic rings. The molecule has 2 unspecified atom stereocenters. The first-order valence-electron chi connectivity index (χ1n) is 10.9. The fourth-order valence-electron chi connectivity index (χ4n) is 4.59. The van der Waals surface area contributed by atoms with Gasteiger partial charge in [-0.05, 0) is 48.8 Å². The molecule has 30 heavy (non-hydrogen) atoms. The molecule has 0 spiro atoms. The molecule has 1 fully saturated rings. The molecule has 2 aromatic rings. The SMILES string of the molecule is CN=C(NCCCOC1CCCc2ccccc21)N1CCC(c2cnn(C)c2)C1.I. The summed E-state index contributed by atoms with van der Waals surface area (Å²) < 4.78 is 8.11. The van der Waals surface area contributed by atoms with E-state index in [-0.39, 0.29) is 30.1 Å². The second-order valence-corrected chi connectivity index (χ2v) is 8.16. The van der Waals surface area contributed by atoms with Crippen LogP contribution in [0.2, 0.25) is 0 Å². The summed E-state index contributed by atoms with van der Waals surface area (Å²) in [6.45, 7) is 3.70. The second kappa shape index (κ2) is 11.1. The third-order valence-electron chi connectivity index (χ3n) is 6.13. The molecule has 7 heteroatoms. The van der Waals surface area contributed by atoms with Crippen molar-refractivity contribution >= 4 is 29.9 Å². The predicted molar refractivity (Wildman–Crippen MR) is 132 cm³/mol. The number of rotatable bonds is 6. The summed E-state index contributed by atoms with van der Waals surface area (Å²) in [5.41, 5.74) is 4.17. The average Bonchev–Trinajstić information content (AvgIpc) is 3.40. The minimum atomic E-state index is 0. The van der Waals surface area contributed by atoms with Gasteiger partial charge in [-0.25, -0.2) is 0 Å². The number of nitrogens with one attached hydrogen (secondary N) is 1. The second-order valence-electron chi connectivity index (χ2n) is 8.16. The molecular formula is C23H34IN5O. The van der Waals surface area contributed by atoms with Gasteiger partial charge in [0.2, 0.25) is 0 Å². The minimum Gasteiger partial charge on any atom is -0.373 e. The molecule has 1 aromatic heterocycles. The standard InChI is InChI=1S/C23H33N5O.HI/c1-24-23(28-13-11-19(17-28)20-15-26-27(2)16-20)25-12-6-14-29-22-10-5-8-18-7-3-4-9-21(18)22;/h3-4,7,9,15-16,19,22H,5-6,8,10-14,17H2,1-2H3,(H,24,25);1H. The average molecular weight is 523 g/mol. The van der Waals surface area contributed by atoms with Crippen LogP contribution in [0.15, 0.2) is 41.7 Å². The smallest absolute Gasteiger partial charge is 0.193 e. The summed E-state index contributed by atoms with van der Waals surface area (Å²) in [4.78, 5) is 6.85. The van der Waals surface area contributed by atoms with Crippen LogP contribution >= 0.6 is 24.0 Å². The zero-order valence-corrected chi connectivity index (χ0v) is 20.4. The Kier molecular flexibility index (Phi) is 8.56. The van der Waals surface area contributed by atoms with Crippen molar-refractivity contribution in [1.82, 2.24) is 20.0 Å². The number of fused-ring (bicyclic) bond motifs is 1. The van der Waals surface area contributed by atoms with Crippen molar-refractivity contribution < 1.29 is 4.74 Å². The highest BCUT2D eigenvalue weighted by molar-refractivity contribution is 14.0. The Morgan fingerprint density at radius 1 is 1.30 bits per heavy atom. The fraction of sp³-hybridized carbons (Fsp3) is 0.565.